The van der Waals surface area contributed by atoms with Gasteiger partial charge in [0.1, 0.15) is 23.1 Å². The van der Waals surface area contributed by atoms with Gasteiger partial charge in [0, 0.05) is 49.1 Å². The summed E-state index contributed by atoms with van der Waals surface area (Å²) < 4.78 is 7.22. The lowest BCUT2D eigenvalue weighted by molar-refractivity contribution is -0.155. The number of nitrogens with zero attached hydrogens (tertiary/aromatic N) is 4. The quantitative estimate of drug-likeness (QED) is 0.423. The first-order valence-electron chi connectivity index (χ1n) is 12.8. The Labute approximate surface area is 227 Å². The smallest absolute Gasteiger partial charge is 0.306 e. The molecular formula is C29H35N5O5. The highest BCUT2D eigenvalue weighted by atomic mass is 16.6. The second kappa shape index (κ2) is 10.3. The van der Waals surface area contributed by atoms with Crippen LogP contribution in [0.4, 0.5) is 0 Å². The molecule has 0 radical (unpaired) electrons. The lowest BCUT2D eigenvalue weighted by atomic mass is 10.0. The third-order valence-electron chi connectivity index (χ3n) is 6.50. The van der Waals surface area contributed by atoms with Crippen molar-refractivity contribution in [3.63, 3.8) is 0 Å². The molecule has 1 unspecified atom stereocenters. The number of rotatable bonds is 8. The van der Waals surface area contributed by atoms with Crippen molar-refractivity contribution in [2.24, 2.45) is 12.8 Å². The second-order valence-corrected chi connectivity index (χ2v) is 11.4. The molecule has 0 bridgehead atoms. The molecule has 10 heteroatoms. The minimum atomic E-state index is -1.04. The highest BCUT2D eigenvalue weighted by Crippen LogP contribution is 2.32. The summed E-state index contributed by atoms with van der Waals surface area (Å²) in [6.45, 7) is 8.86. The molecule has 0 saturated heterocycles. The molecule has 1 atom stereocenters. The summed E-state index contributed by atoms with van der Waals surface area (Å²) in [5.41, 5.74) is 8.10. The van der Waals surface area contributed by atoms with Gasteiger partial charge in [0.2, 0.25) is 5.91 Å². The molecule has 0 saturated carbocycles. The van der Waals surface area contributed by atoms with Gasteiger partial charge < -0.3 is 25.0 Å². The summed E-state index contributed by atoms with van der Waals surface area (Å²) in [7, 11) is 1.89. The van der Waals surface area contributed by atoms with E-state index in [0.29, 0.717) is 22.8 Å². The van der Waals surface area contributed by atoms with E-state index in [1.807, 2.05) is 36.0 Å². The first-order valence-corrected chi connectivity index (χ1v) is 12.8. The summed E-state index contributed by atoms with van der Waals surface area (Å²) in [6, 6.07) is 8.15. The molecule has 1 aliphatic rings. The third kappa shape index (κ3) is 6.17. The van der Waals surface area contributed by atoms with Crippen LogP contribution >= 0.6 is 0 Å². The number of aliphatic hydroxyl groups is 1. The monoisotopic (exact) mass is 533 g/mol. The van der Waals surface area contributed by atoms with E-state index >= 15 is 0 Å². The molecule has 0 aliphatic carbocycles. The van der Waals surface area contributed by atoms with Gasteiger partial charge in [-0.2, -0.15) is 0 Å². The number of esters is 1. The Morgan fingerprint density at radius 3 is 2.41 bits per heavy atom. The van der Waals surface area contributed by atoms with Crippen molar-refractivity contribution in [2.75, 3.05) is 0 Å². The number of carbonyl (C=O) groups is 3. The van der Waals surface area contributed by atoms with Crippen LogP contribution in [-0.4, -0.2) is 54.0 Å². The van der Waals surface area contributed by atoms with Crippen LogP contribution in [0.5, 0.6) is 0 Å². The Kier molecular flexibility index (Phi) is 7.36. The van der Waals surface area contributed by atoms with Gasteiger partial charge in [-0.15, -0.1) is 0 Å². The largest absolute Gasteiger partial charge is 0.460 e. The van der Waals surface area contributed by atoms with Crippen molar-refractivity contribution in [2.45, 2.75) is 71.2 Å². The molecule has 2 amide bonds. The van der Waals surface area contributed by atoms with E-state index < -0.39 is 29.1 Å². The van der Waals surface area contributed by atoms with Gasteiger partial charge in [-0.05, 0) is 70.9 Å². The predicted octanol–water partition coefficient (Wildman–Crippen LogP) is 3.31. The first-order chi connectivity index (χ1) is 18.1. The van der Waals surface area contributed by atoms with E-state index in [1.165, 1.54) is 4.90 Å². The van der Waals surface area contributed by atoms with E-state index in [1.54, 1.807) is 52.9 Å². The van der Waals surface area contributed by atoms with Crippen LogP contribution < -0.4 is 5.73 Å². The van der Waals surface area contributed by atoms with Gasteiger partial charge in [0.05, 0.1) is 11.4 Å². The van der Waals surface area contributed by atoms with Crippen LogP contribution in [0.25, 0.3) is 22.6 Å². The van der Waals surface area contributed by atoms with Crippen LogP contribution in [0.1, 0.15) is 69.1 Å². The van der Waals surface area contributed by atoms with E-state index in [-0.39, 0.29) is 25.3 Å². The molecule has 3 N–H and O–H groups in total. The van der Waals surface area contributed by atoms with Gasteiger partial charge >= 0.3 is 5.97 Å². The second-order valence-electron chi connectivity index (χ2n) is 11.4. The zero-order valence-corrected chi connectivity index (χ0v) is 23.2. The van der Waals surface area contributed by atoms with Gasteiger partial charge in [-0.3, -0.25) is 19.4 Å². The lowest BCUT2D eigenvalue weighted by Gasteiger charge is -2.25. The lowest BCUT2D eigenvalue weighted by Crippen LogP contribution is -2.45. The highest BCUT2D eigenvalue weighted by Gasteiger charge is 2.36. The Morgan fingerprint density at radius 1 is 1.13 bits per heavy atom. The zero-order chi connectivity index (χ0) is 28.7. The van der Waals surface area contributed by atoms with Gasteiger partial charge in [0.15, 0.2) is 0 Å². The zero-order valence-electron chi connectivity index (χ0n) is 23.2. The van der Waals surface area contributed by atoms with Crippen LogP contribution in [-0.2, 0) is 33.5 Å². The third-order valence-corrected chi connectivity index (χ3v) is 6.50. The maximum Gasteiger partial charge on any atom is 0.306 e. The summed E-state index contributed by atoms with van der Waals surface area (Å²) in [5.74, 6) is -0.715. The molecule has 3 aromatic rings. The average molecular weight is 534 g/mol. The Hall–Kier alpha value is -4.05. The highest BCUT2D eigenvalue weighted by molar-refractivity contribution is 6.01. The number of amides is 2. The standard InChI is InChI=1S/C29H35N5O5/c1-28(2,3)39-24(35)12-10-22(25(30)36)34-15-19-13-17(7-9-20(19)27(34)37)21-16-33(6)26(32-21)18-8-11-23(31-14-18)29(4,5)38/h7-9,11,13-14,16,22,38H,10,12,15H2,1-6H3,(H2,30,36). The number of hydrogen-bond donors (Lipinski definition) is 2. The van der Waals surface area contributed by atoms with Crippen molar-refractivity contribution in [1.29, 1.82) is 0 Å². The summed E-state index contributed by atoms with van der Waals surface area (Å²) in [6.07, 6.45) is 3.63. The molecule has 1 aliphatic heterocycles. The minimum absolute atomic E-state index is 0.0292. The topological polar surface area (TPSA) is 141 Å². The fourth-order valence-electron chi connectivity index (χ4n) is 4.61. The number of pyridine rings is 1. The van der Waals surface area contributed by atoms with Gasteiger partial charge in [-0.25, -0.2) is 4.98 Å². The number of imidazole rings is 1. The average Bonchev–Trinajstić information content (AvgIpc) is 3.37. The Morgan fingerprint density at radius 2 is 1.82 bits per heavy atom. The first kappa shape index (κ1) is 28.0. The SMILES string of the molecule is Cn1cc(-c2ccc3c(c2)CN(C(CCC(=O)OC(C)(C)C)C(N)=O)C3=O)nc1-c1ccc(C(C)(C)O)nc1. The number of carbonyl (C=O) groups excluding carboxylic acids is 3. The van der Waals surface area contributed by atoms with Crippen LogP contribution in [0.3, 0.4) is 0 Å². The maximum absolute atomic E-state index is 13.2. The number of benzene rings is 1. The number of nitrogens with two attached hydrogens (primary N) is 1. The van der Waals surface area contributed by atoms with Gasteiger partial charge in [-0.1, -0.05) is 6.07 Å². The molecule has 10 nitrogen and oxygen atoms in total. The number of fused-ring (bicyclic) bond motifs is 1. The molecular weight excluding hydrogens is 498 g/mol. The summed E-state index contributed by atoms with van der Waals surface area (Å²) >= 11 is 0. The van der Waals surface area contributed by atoms with E-state index in [2.05, 4.69) is 4.98 Å². The number of hydrogen-bond acceptors (Lipinski definition) is 7. The summed E-state index contributed by atoms with van der Waals surface area (Å²) in [5, 5.41) is 10.2. The molecule has 0 spiro atoms. The maximum atomic E-state index is 13.2. The normalized spacial score (nSPS) is 14.3. The van der Waals surface area contributed by atoms with Crippen molar-refractivity contribution in [3.05, 3.63) is 59.5 Å². The molecule has 4 rings (SSSR count). The minimum Gasteiger partial charge on any atom is -0.460 e. The molecule has 39 heavy (non-hydrogen) atoms. The van der Waals surface area contributed by atoms with E-state index in [9.17, 15) is 19.5 Å². The van der Waals surface area contributed by atoms with Crippen molar-refractivity contribution < 1.29 is 24.2 Å². The van der Waals surface area contributed by atoms with Crippen LogP contribution in [0, 0.1) is 0 Å². The summed E-state index contributed by atoms with van der Waals surface area (Å²) in [4.78, 5) is 48.2. The molecule has 1 aromatic carbocycles. The number of primary amides is 1. The van der Waals surface area contributed by atoms with Crippen LogP contribution in [0.15, 0.2) is 42.7 Å². The molecule has 3 heterocycles. The van der Waals surface area contributed by atoms with Gasteiger partial charge in [0.25, 0.3) is 5.91 Å². The molecule has 0 fully saturated rings. The van der Waals surface area contributed by atoms with Crippen molar-refractivity contribution >= 4 is 17.8 Å². The van der Waals surface area contributed by atoms with Crippen molar-refractivity contribution in [1.82, 2.24) is 19.4 Å². The number of aromatic nitrogens is 3. The van der Waals surface area contributed by atoms with Crippen molar-refractivity contribution in [3.8, 4) is 22.6 Å². The number of ether oxygens (including phenoxy) is 1. The molecule has 206 valence electrons. The van der Waals surface area contributed by atoms with E-state index in [4.69, 9.17) is 15.5 Å². The fraction of sp³-hybridized carbons (Fsp3) is 0.414. The Bertz CT molecular complexity index is 1410. The fourth-order valence-corrected chi connectivity index (χ4v) is 4.61. The Balaban J connectivity index is 1.53. The molecule has 2 aromatic heterocycles. The van der Waals surface area contributed by atoms with E-state index in [0.717, 1.165) is 16.7 Å². The predicted molar refractivity (Wildman–Crippen MR) is 145 cm³/mol. The van der Waals surface area contributed by atoms with Crippen LogP contribution in [0.2, 0.25) is 0 Å². The number of aryl methyl sites for hydroxylation is 1.